The molecule has 3 heteroatoms. The summed E-state index contributed by atoms with van der Waals surface area (Å²) in [5.41, 5.74) is 10.9. The molecule has 21 heavy (non-hydrogen) atoms. The minimum atomic E-state index is -0.170. The van der Waals surface area contributed by atoms with Gasteiger partial charge in [-0.2, -0.15) is 0 Å². The third kappa shape index (κ3) is 2.35. The number of aromatic nitrogens is 1. The highest BCUT2D eigenvalue weighted by Crippen LogP contribution is 2.36. The maximum atomic E-state index is 9.25. The summed E-state index contributed by atoms with van der Waals surface area (Å²) < 4.78 is 2.19. The first-order chi connectivity index (χ1) is 10.2. The number of hydrogen-bond donors (Lipinski definition) is 2. The third-order valence-corrected chi connectivity index (χ3v) is 4.00. The highest BCUT2D eigenvalue weighted by Gasteiger charge is 2.20. The van der Waals surface area contributed by atoms with Crippen LogP contribution in [0, 0.1) is 0 Å². The van der Waals surface area contributed by atoms with Gasteiger partial charge < -0.3 is 15.4 Å². The van der Waals surface area contributed by atoms with Crippen LogP contribution in [0.4, 0.5) is 0 Å². The molecule has 0 bridgehead atoms. The van der Waals surface area contributed by atoms with Crippen LogP contribution in [0.15, 0.2) is 54.6 Å². The Balaban J connectivity index is 2.31. The molecule has 0 saturated heterocycles. The Morgan fingerprint density at radius 1 is 1.05 bits per heavy atom. The molecule has 0 spiro atoms. The second-order valence-electron chi connectivity index (χ2n) is 5.32. The Morgan fingerprint density at radius 3 is 2.43 bits per heavy atom. The van der Waals surface area contributed by atoms with Crippen molar-refractivity contribution < 1.29 is 5.11 Å². The molecular formula is C18H20N2O. The van der Waals surface area contributed by atoms with Crippen molar-refractivity contribution in [2.75, 3.05) is 6.61 Å². The molecule has 3 rings (SSSR count). The Kier molecular flexibility index (Phi) is 3.78. The fourth-order valence-corrected chi connectivity index (χ4v) is 3.03. The minimum Gasteiger partial charge on any atom is -0.396 e. The lowest BCUT2D eigenvalue weighted by atomic mass is 9.97. The summed E-state index contributed by atoms with van der Waals surface area (Å²) in [6.07, 6.45) is 0.563. The number of benzene rings is 2. The van der Waals surface area contributed by atoms with Crippen LogP contribution in [-0.2, 0) is 7.05 Å². The van der Waals surface area contributed by atoms with Gasteiger partial charge in [0, 0.05) is 36.2 Å². The van der Waals surface area contributed by atoms with E-state index >= 15 is 0 Å². The van der Waals surface area contributed by atoms with E-state index in [0.29, 0.717) is 6.42 Å². The van der Waals surface area contributed by atoms with Crippen molar-refractivity contribution in [1.29, 1.82) is 0 Å². The summed E-state index contributed by atoms with van der Waals surface area (Å²) in [7, 11) is 2.07. The van der Waals surface area contributed by atoms with Crippen LogP contribution in [0.1, 0.15) is 18.0 Å². The van der Waals surface area contributed by atoms with Gasteiger partial charge in [0.15, 0.2) is 0 Å². The molecule has 1 heterocycles. The number of aryl methyl sites for hydroxylation is 1. The maximum absolute atomic E-state index is 9.25. The molecule has 3 aromatic rings. The second-order valence-corrected chi connectivity index (χ2v) is 5.32. The molecule has 3 nitrogen and oxygen atoms in total. The average molecular weight is 280 g/mol. The lowest BCUT2D eigenvalue weighted by Crippen LogP contribution is -2.13. The first-order valence-electron chi connectivity index (χ1n) is 7.23. The Hall–Kier alpha value is -2.10. The molecule has 2 aromatic carbocycles. The van der Waals surface area contributed by atoms with Crippen LogP contribution < -0.4 is 5.73 Å². The molecule has 0 fully saturated rings. The van der Waals surface area contributed by atoms with E-state index in [1.54, 1.807) is 0 Å². The zero-order valence-electron chi connectivity index (χ0n) is 12.2. The van der Waals surface area contributed by atoms with E-state index in [9.17, 15) is 5.11 Å². The summed E-state index contributed by atoms with van der Waals surface area (Å²) >= 11 is 0. The van der Waals surface area contributed by atoms with E-state index in [-0.39, 0.29) is 12.6 Å². The molecule has 0 radical (unpaired) electrons. The van der Waals surface area contributed by atoms with Gasteiger partial charge in [-0.1, -0.05) is 48.5 Å². The number of hydrogen-bond acceptors (Lipinski definition) is 2. The van der Waals surface area contributed by atoms with Crippen molar-refractivity contribution in [2.45, 2.75) is 12.5 Å². The smallest absolute Gasteiger partial charge is 0.0537 e. The first-order valence-corrected chi connectivity index (χ1v) is 7.23. The summed E-state index contributed by atoms with van der Waals surface area (Å²) in [6, 6.07) is 18.4. The van der Waals surface area contributed by atoms with Crippen LogP contribution in [-0.4, -0.2) is 16.3 Å². The molecule has 1 atom stereocenters. The normalized spacial score (nSPS) is 12.7. The molecule has 1 unspecified atom stereocenters. The van der Waals surface area contributed by atoms with E-state index in [4.69, 9.17) is 5.73 Å². The molecule has 0 aliphatic heterocycles. The van der Waals surface area contributed by atoms with Gasteiger partial charge >= 0.3 is 0 Å². The standard InChI is InChI=1S/C18H20N2O/c1-20-16-10-6-5-9-14(16)17(15(19)11-12-21)18(20)13-7-3-2-4-8-13/h2-10,15,21H,11-12,19H2,1H3. The van der Waals surface area contributed by atoms with Crippen molar-refractivity contribution in [3.63, 3.8) is 0 Å². The molecule has 0 aliphatic rings. The lowest BCUT2D eigenvalue weighted by molar-refractivity contribution is 0.277. The van der Waals surface area contributed by atoms with E-state index in [0.717, 1.165) is 16.8 Å². The van der Waals surface area contributed by atoms with Crippen LogP contribution in [0.3, 0.4) is 0 Å². The van der Waals surface area contributed by atoms with Gasteiger partial charge in [0.1, 0.15) is 0 Å². The van der Waals surface area contributed by atoms with Crippen LogP contribution in [0.2, 0.25) is 0 Å². The van der Waals surface area contributed by atoms with Crippen LogP contribution >= 0.6 is 0 Å². The van der Waals surface area contributed by atoms with E-state index in [1.165, 1.54) is 10.9 Å². The Labute approximate surface area is 124 Å². The zero-order chi connectivity index (χ0) is 14.8. The monoisotopic (exact) mass is 280 g/mol. The molecule has 108 valence electrons. The number of nitrogens with zero attached hydrogens (tertiary/aromatic N) is 1. The maximum Gasteiger partial charge on any atom is 0.0537 e. The fraction of sp³-hybridized carbons (Fsp3) is 0.222. The van der Waals surface area contributed by atoms with Gasteiger partial charge in [-0.15, -0.1) is 0 Å². The second kappa shape index (κ2) is 5.72. The fourth-order valence-electron chi connectivity index (χ4n) is 3.03. The summed E-state index contributed by atoms with van der Waals surface area (Å²) in [5.74, 6) is 0. The highest BCUT2D eigenvalue weighted by atomic mass is 16.3. The predicted octanol–water partition coefficient (Wildman–Crippen LogP) is 3.23. The zero-order valence-corrected chi connectivity index (χ0v) is 12.2. The van der Waals surface area contributed by atoms with Crippen LogP contribution in [0.5, 0.6) is 0 Å². The number of aliphatic hydroxyl groups is 1. The molecular weight excluding hydrogens is 260 g/mol. The molecule has 0 amide bonds. The summed E-state index contributed by atoms with van der Waals surface area (Å²) in [4.78, 5) is 0. The van der Waals surface area contributed by atoms with Crippen molar-refractivity contribution >= 4 is 10.9 Å². The van der Waals surface area contributed by atoms with Gasteiger partial charge in [-0.25, -0.2) is 0 Å². The SMILES string of the molecule is Cn1c(-c2ccccc2)c(C(N)CCO)c2ccccc21. The van der Waals surface area contributed by atoms with Gasteiger partial charge in [0.25, 0.3) is 0 Å². The quantitative estimate of drug-likeness (QED) is 0.771. The lowest BCUT2D eigenvalue weighted by Gasteiger charge is -2.14. The van der Waals surface area contributed by atoms with Crippen molar-refractivity contribution in [3.05, 3.63) is 60.2 Å². The summed E-state index contributed by atoms with van der Waals surface area (Å²) in [6.45, 7) is 0.0959. The molecule has 3 N–H and O–H groups in total. The number of para-hydroxylation sites is 1. The largest absolute Gasteiger partial charge is 0.396 e. The van der Waals surface area contributed by atoms with Crippen molar-refractivity contribution in [2.24, 2.45) is 12.8 Å². The topological polar surface area (TPSA) is 51.2 Å². The van der Waals surface area contributed by atoms with E-state index < -0.39 is 0 Å². The van der Waals surface area contributed by atoms with E-state index in [2.05, 4.69) is 35.9 Å². The van der Waals surface area contributed by atoms with Crippen LogP contribution in [0.25, 0.3) is 22.2 Å². The molecule has 0 aliphatic carbocycles. The number of fused-ring (bicyclic) bond motifs is 1. The average Bonchev–Trinajstić information content (AvgIpc) is 2.82. The first kappa shape index (κ1) is 13.9. The van der Waals surface area contributed by atoms with Gasteiger partial charge in [-0.3, -0.25) is 0 Å². The number of nitrogens with two attached hydrogens (primary N) is 1. The van der Waals surface area contributed by atoms with Gasteiger partial charge in [0.2, 0.25) is 0 Å². The predicted molar refractivity (Wildman–Crippen MR) is 87.0 cm³/mol. The van der Waals surface area contributed by atoms with Gasteiger partial charge in [0.05, 0.1) is 5.69 Å². The minimum absolute atomic E-state index is 0.0959. The van der Waals surface area contributed by atoms with Gasteiger partial charge in [-0.05, 0) is 18.1 Å². The number of aliphatic hydroxyl groups excluding tert-OH is 1. The van der Waals surface area contributed by atoms with Crippen molar-refractivity contribution in [3.8, 4) is 11.3 Å². The summed E-state index contributed by atoms with van der Waals surface area (Å²) in [5, 5.41) is 10.4. The molecule has 1 aromatic heterocycles. The number of rotatable bonds is 4. The third-order valence-electron chi connectivity index (χ3n) is 4.00. The Morgan fingerprint density at radius 2 is 1.71 bits per heavy atom. The highest BCUT2D eigenvalue weighted by molar-refractivity contribution is 5.92. The Bertz CT molecular complexity index is 747. The molecule has 0 saturated carbocycles. The van der Waals surface area contributed by atoms with Crippen molar-refractivity contribution in [1.82, 2.24) is 4.57 Å². The van der Waals surface area contributed by atoms with E-state index in [1.807, 2.05) is 30.3 Å².